The normalized spacial score (nSPS) is 10.5. The molecule has 0 aliphatic heterocycles. The highest BCUT2D eigenvalue weighted by molar-refractivity contribution is 6.67. The maximum atomic E-state index is 11.1. The summed E-state index contributed by atoms with van der Waals surface area (Å²) in [7, 11) is 1.20. The molecule has 0 saturated heterocycles. The van der Waals surface area contributed by atoms with E-state index in [4.69, 9.17) is 16.9 Å². The fraction of sp³-hybridized carbons (Fsp3) is 0.0833. The van der Waals surface area contributed by atoms with Crippen LogP contribution in [0.3, 0.4) is 0 Å². The van der Waals surface area contributed by atoms with Crippen molar-refractivity contribution in [2.45, 2.75) is 0 Å². The summed E-state index contributed by atoms with van der Waals surface area (Å²) < 4.78 is 4.43. The molecule has 17 heavy (non-hydrogen) atoms. The van der Waals surface area contributed by atoms with E-state index in [1.54, 1.807) is 18.2 Å². The lowest BCUT2D eigenvalue weighted by Crippen LogP contribution is -2.02. The Kier molecular flexibility index (Phi) is 4.44. The Morgan fingerprint density at radius 2 is 1.94 bits per heavy atom. The number of rotatable bonds is 3. The van der Waals surface area contributed by atoms with Gasteiger partial charge in [-0.3, -0.25) is 4.79 Å². The van der Waals surface area contributed by atoms with Gasteiger partial charge in [-0.05, 0) is 35.4 Å². The van der Waals surface area contributed by atoms with Crippen LogP contribution >= 0.6 is 11.6 Å². The van der Waals surface area contributed by atoms with Gasteiger partial charge in [-0.1, -0.05) is 12.1 Å². The minimum absolute atomic E-state index is 0.113. The molecule has 4 nitrogen and oxygen atoms in total. The Morgan fingerprint density at radius 1 is 1.35 bits per heavy atom. The summed E-state index contributed by atoms with van der Waals surface area (Å²) in [5, 5.41) is 8.18. The fourth-order valence-corrected chi connectivity index (χ4v) is 1.25. The molecule has 1 rings (SSSR count). The van der Waals surface area contributed by atoms with Crippen molar-refractivity contribution in [2.24, 2.45) is 0 Å². The van der Waals surface area contributed by atoms with Gasteiger partial charge < -0.3 is 4.74 Å². The topological polar surface area (TPSA) is 67.2 Å². The van der Waals surface area contributed by atoms with Crippen LogP contribution in [-0.2, 0) is 9.53 Å². The quantitative estimate of drug-likeness (QED) is 0.356. The molecule has 0 aliphatic rings. The number of carbonyl (C=O) groups is 2. The third kappa shape index (κ3) is 3.44. The number of esters is 1. The SMILES string of the molecule is COC(=O)/C(C#N)=C/c1ccc(C(=O)Cl)cc1. The van der Waals surface area contributed by atoms with Crippen molar-refractivity contribution in [3.8, 4) is 6.07 Å². The summed E-state index contributed by atoms with van der Waals surface area (Å²) >= 11 is 5.28. The number of halogens is 1. The molecule has 0 unspecified atom stereocenters. The minimum atomic E-state index is -0.704. The van der Waals surface area contributed by atoms with E-state index in [0.29, 0.717) is 11.1 Å². The van der Waals surface area contributed by atoms with Gasteiger partial charge in [-0.2, -0.15) is 5.26 Å². The number of nitriles is 1. The average molecular weight is 250 g/mol. The van der Waals surface area contributed by atoms with E-state index < -0.39 is 11.2 Å². The lowest BCUT2D eigenvalue weighted by Gasteiger charge is -1.98. The molecule has 0 spiro atoms. The molecule has 1 aromatic carbocycles. The fourth-order valence-electron chi connectivity index (χ4n) is 1.12. The highest BCUT2D eigenvalue weighted by atomic mass is 35.5. The second-order valence-electron chi connectivity index (χ2n) is 3.06. The van der Waals surface area contributed by atoms with Crippen LogP contribution in [0.4, 0.5) is 0 Å². The highest BCUT2D eigenvalue weighted by Gasteiger charge is 2.08. The summed E-state index contributed by atoms with van der Waals surface area (Å²) in [6.45, 7) is 0. The van der Waals surface area contributed by atoms with Crippen molar-refractivity contribution in [1.29, 1.82) is 5.26 Å². The zero-order valence-corrected chi connectivity index (χ0v) is 9.69. The number of benzene rings is 1. The molecule has 86 valence electrons. The second-order valence-corrected chi connectivity index (χ2v) is 3.40. The smallest absolute Gasteiger partial charge is 0.348 e. The molecule has 0 fully saturated rings. The van der Waals surface area contributed by atoms with Crippen molar-refractivity contribution >= 4 is 28.9 Å². The standard InChI is InChI=1S/C12H8ClNO3/c1-17-12(16)10(7-14)6-8-2-4-9(5-3-8)11(13)15/h2-6H,1H3/b10-6+. The molecule has 5 heteroatoms. The highest BCUT2D eigenvalue weighted by Crippen LogP contribution is 2.11. The van der Waals surface area contributed by atoms with Crippen LogP contribution in [0.5, 0.6) is 0 Å². The number of hydrogen-bond donors (Lipinski definition) is 0. The number of methoxy groups -OCH3 is 1. The monoisotopic (exact) mass is 249 g/mol. The van der Waals surface area contributed by atoms with Crippen LogP contribution in [0, 0.1) is 11.3 Å². The molecule has 0 aliphatic carbocycles. The molecule has 0 saturated carbocycles. The van der Waals surface area contributed by atoms with E-state index in [9.17, 15) is 9.59 Å². The van der Waals surface area contributed by atoms with E-state index >= 15 is 0 Å². The van der Waals surface area contributed by atoms with Gasteiger partial charge in [0.15, 0.2) is 0 Å². The van der Waals surface area contributed by atoms with Gasteiger partial charge in [-0.15, -0.1) is 0 Å². The molecule has 0 heterocycles. The zero-order valence-electron chi connectivity index (χ0n) is 8.94. The summed E-state index contributed by atoms with van der Waals surface area (Å²) in [6, 6.07) is 7.91. The van der Waals surface area contributed by atoms with Crippen molar-refractivity contribution in [1.82, 2.24) is 0 Å². The Hall–Kier alpha value is -2.12. The van der Waals surface area contributed by atoms with Gasteiger partial charge in [0.05, 0.1) is 7.11 Å². The van der Waals surface area contributed by atoms with Crippen LogP contribution in [-0.4, -0.2) is 18.3 Å². The van der Waals surface area contributed by atoms with Gasteiger partial charge in [0.2, 0.25) is 0 Å². The van der Waals surface area contributed by atoms with Crippen LogP contribution in [0.15, 0.2) is 29.8 Å². The zero-order chi connectivity index (χ0) is 12.8. The molecule has 0 N–H and O–H groups in total. The summed E-state index contributed by atoms with van der Waals surface area (Å²) in [5.41, 5.74) is 0.839. The molecule has 0 amide bonds. The number of hydrogen-bond acceptors (Lipinski definition) is 4. The first-order valence-corrected chi connectivity index (χ1v) is 4.96. The summed E-state index contributed by atoms with van der Waals surface area (Å²) in [5.74, 6) is -0.704. The van der Waals surface area contributed by atoms with E-state index in [2.05, 4.69) is 4.74 Å². The summed E-state index contributed by atoms with van der Waals surface area (Å²) in [4.78, 5) is 21.9. The lowest BCUT2D eigenvalue weighted by molar-refractivity contribution is -0.135. The molecular weight excluding hydrogens is 242 g/mol. The maximum Gasteiger partial charge on any atom is 0.348 e. The molecule has 1 aromatic rings. The maximum absolute atomic E-state index is 11.1. The molecular formula is C12H8ClNO3. The summed E-state index contributed by atoms with van der Waals surface area (Å²) in [6.07, 6.45) is 1.37. The predicted molar refractivity (Wildman–Crippen MR) is 62.2 cm³/mol. The van der Waals surface area contributed by atoms with E-state index in [0.717, 1.165) is 0 Å². The van der Waals surface area contributed by atoms with Crippen molar-refractivity contribution in [2.75, 3.05) is 7.11 Å². The molecule has 0 bridgehead atoms. The van der Waals surface area contributed by atoms with Crippen molar-refractivity contribution < 1.29 is 14.3 Å². The Balaban J connectivity index is 3.02. The Bertz CT molecular complexity index is 512. The van der Waals surface area contributed by atoms with Gasteiger partial charge in [-0.25, -0.2) is 4.79 Å². The number of carbonyl (C=O) groups excluding carboxylic acids is 2. The van der Waals surface area contributed by atoms with Crippen LogP contribution < -0.4 is 0 Å². The van der Waals surface area contributed by atoms with Crippen molar-refractivity contribution in [3.63, 3.8) is 0 Å². The Morgan fingerprint density at radius 3 is 2.35 bits per heavy atom. The molecule has 0 atom stereocenters. The van der Waals surface area contributed by atoms with Gasteiger partial charge >= 0.3 is 5.97 Å². The first-order valence-electron chi connectivity index (χ1n) is 4.58. The lowest BCUT2D eigenvalue weighted by atomic mass is 10.1. The first kappa shape index (κ1) is 12.9. The Labute approximate surface area is 103 Å². The van der Waals surface area contributed by atoms with Gasteiger partial charge in [0, 0.05) is 5.56 Å². The van der Waals surface area contributed by atoms with Gasteiger partial charge in [0.25, 0.3) is 5.24 Å². The van der Waals surface area contributed by atoms with Gasteiger partial charge in [0.1, 0.15) is 11.6 Å². The third-order valence-electron chi connectivity index (χ3n) is 1.97. The first-order chi connectivity index (χ1) is 8.08. The minimum Gasteiger partial charge on any atom is -0.465 e. The predicted octanol–water partition coefficient (Wildman–Crippen LogP) is 2.15. The van der Waals surface area contributed by atoms with E-state index in [1.807, 2.05) is 0 Å². The second kappa shape index (κ2) is 5.83. The molecule has 0 aromatic heterocycles. The van der Waals surface area contributed by atoms with Crippen LogP contribution in [0.25, 0.3) is 6.08 Å². The number of ether oxygens (including phenoxy) is 1. The largest absolute Gasteiger partial charge is 0.465 e. The number of nitrogens with zero attached hydrogens (tertiary/aromatic N) is 1. The molecule has 0 radical (unpaired) electrons. The van der Waals surface area contributed by atoms with E-state index in [1.165, 1.54) is 25.3 Å². The third-order valence-corrected chi connectivity index (χ3v) is 2.19. The van der Waals surface area contributed by atoms with Crippen LogP contribution in [0.1, 0.15) is 15.9 Å². The van der Waals surface area contributed by atoms with Crippen LogP contribution in [0.2, 0.25) is 0 Å². The van der Waals surface area contributed by atoms with E-state index in [-0.39, 0.29) is 5.57 Å². The van der Waals surface area contributed by atoms with Crippen molar-refractivity contribution in [3.05, 3.63) is 41.0 Å². The average Bonchev–Trinajstić information content (AvgIpc) is 2.35.